The lowest BCUT2D eigenvalue weighted by Crippen LogP contribution is -2.12. The molecule has 0 unspecified atom stereocenters. The number of anilines is 1. The summed E-state index contributed by atoms with van der Waals surface area (Å²) in [6.45, 7) is 5.67. The molecule has 0 saturated heterocycles. The number of benzene rings is 1. The lowest BCUT2D eigenvalue weighted by atomic mass is 10.3. The molecule has 0 fully saturated rings. The fraction of sp³-hybridized carbons (Fsp3) is 0.455. The second-order valence-corrected chi connectivity index (χ2v) is 4.27. The summed E-state index contributed by atoms with van der Waals surface area (Å²) in [6.07, 6.45) is 0.307. The highest BCUT2D eigenvalue weighted by Gasteiger charge is 1.93. The van der Waals surface area contributed by atoms with Crippen molar-refractivity contribution in [1.82, 2.24) is 0 Å². The van der Waals surface area contributed by atoms with E-state index in [1.807, 2.05) is 38.1 Å². The largest absolute Gasteiger partial charge is 0.383 e. The molecule has 0 saturated carbocycles. The first kappa shape index (κ1) is 11.5. The monoisotopic (exact) mass is 257 g/mol. The first-order valence-corrected chi connectivity index (χ1v) is 5.59. The highest BCUT2D eigenvalue weighted by Crippen LogP contribution is 2.13. The minimum absolute atomic E-state index is 0.307. The summed E-state index contributed by atoms with van der Waals surface area (Å²) in [5.41, 5.74) is 1.13. The third-order valence-corrected chi connectivity index (χ3v) is 2.26. The zero-order valence-electron chi connectivity index (χ0n) is 8.59. The molecule has 2 nitrogen and oxygen atoms in total. The van der Waals surface area contributed by atoms with E-state index >= 15 is 0 Å². The summed E-state index contributed by atoms with van der Waals surface area (Å²) in [4.78, 5) is 0. The highest BCUT2D eigenvalue weighted by atomic mass is 79.9. The zero-order valence-corrected chi connectivity index (χ0v) is 10.2. The van der Waals surface area contributed by atoms with Gasteiger partial charge in [-0.3, -0.25) is 0 Å². The van der Waals surface area contributed by atoms with Gasteiger partial charge in [0.05, 0.1) is 12.7 Å². The molecular weight excluding hydrogens is 242 g/mol. The van der Waals surface area contributed by atoms with Crippen LogP contribution in [0.3, 0.4) is 0 Å². The summed E-state index contributed by atoms with van der Waals surface area (Å²) in [6, 6.07) is 8.12. The van der Waals surface area contributed by atoms with Crippen LogP contribution in [0.4, 0.5) is 5.69 Å². The number of ether oxygens (including phenoxy) is 1. The van der Waals surface area contributed by atoms with E-state index in [1.165, 1.54) is 0 Å². The molecule has 1 aromatic rings. The van der Waals surface area contributed by atoms with Crippen molar-refractivity contribution in [3.8, 4) is 0 Å². The summed E-state index contributed by atoms with van der Waals surface area (Å²) in [5, 5.41) is 3.28. The van der Waals surface area contributed by atoms with Gasteiger partial charge in [-0.15, -0.1) is 0 Å². The van der Waals surface area contributed by atoms with Crippen molar-refractivity contribution < 1.29 is 4.74 Å². The number of rotatable bonds is 5. The van der Waals surface area contributed by atoms with Crippen molar-refractivity contribution in [2.75, 3.05) is 18.5 Å². The summed E-state index contributed by atoms with van der Waals surface area (Å²) >= 11 is 3.39. The van der Waals surface area contributed by atoms with Crippen LogP contribution in [0, 0.1) is 0 Å². The average molecular weight is 258 g/mol. The molecule has 0 bridgehead atoms. The Bertz CT molecular complexity index is 258. The molecule has 0 aliphatic carbocycles. The second-order valence-electron chi connectivity index (χ2n) is 3.35. The Kier molecular flexibility index (Phi) is 4.98. The van der Waals surface area contributed by atoms with E-state index in [0.29, 0.717) is 6.10 Å². The van der Waals surface area contributed by atoms with E-state index in [1.54, 1.807) is 0 Å². The number of hydrogen-bond donors (Lipinski definition) is 1. The molecule has 0 atom stereocenters. The van der Waals surface area contributed by atoms with Gasteiger partial charge in [-0.2, -0.15) is 0 Å². The van der Waals surface area contributed by atoms with Crippen molar-refractivity contribution >= 4 is 21.6 Å². The molecule has 78 valence electrons. The second kappa shape index (κ2) is 6.04. The maximum absolute atomic E-state index is 5.42. The molecule has 0 amide bonds. The Hall–Kier alpha value is -0.540. The molecule has 0 radical (unpaired) electrons. The van der Waals surface area contributed by atoms with Gasteiger partial charge < -0.3 is 10.1 Å². The fourth-order valence-corrected chi connectivity index (χ4v) is 1.32. The van der Waals surface area contributed by atoms with E-state index in [0.717, 1.165) is 23.3 Å². The highest BCUT2D eigenvalue weighted by molar-refractivity contribution is 9.10. The molecule has 0 aromatic heterocycles. The topological polar surface area (TPSA) is 21.3 Å². The van der Waals surface area contributed by atoms with Crippen molar-refractivity contribution in [3.63, 3.8) is 0 Å². The van der Waals surface area contributed by atoms with Gasteiger partial charge in [0.25, 0.3) is 0 Å². The SMILES string of the molecule is CC(C)OCCNc1ccc(Br)cc1. The molecule has 0 aliphatic rings. The van der Waals surface area contributed by atoms with Crippen LogP contribution in [0.2, 0.25) is 0 Å². The van der Waals surface area contributed by atoms with Gasteiger partial charge >= 0.3 is 0 Å². The fourth-order valence-electron chi connectivity index (χ4n) is 1.06. The van der Waals surface area contributed by atoms with Crippen molar-refractivity contribution in [2.45, 2.75) is 20.0 Å². The van der Waals surface area contributed by atoms with Crippen LogP contribution in [0.15, 0.2) is 28.7 Å². The van der Waals surface area contributed by atoms with Gasteiger partial charge in [-0.05, 0) is 38.1 Å². The number of halogens is 1. The predicted molar refractivity (Wildman–Crippen MR) is 63.7 cm³/mol. The average Bonchev–Trinajstić information content (AvgIpc) is 2.15. The Morgan fingerprint density at radius 1 is 1.29 bits per heavy atom. The van der Waals surface area contributed by atoms with Gasteiger partial charge in [0, 0.05) is 16.7 Å². The Morgan fingerprint density at radius 2 is 1.93 bits per heavy atom. The van der Waals surface area contributed by atoms with Gasteiger partial charge in [0.2, 0.25) is 0 Å². The Labute approximate surface area is 93.8 Å². The molecule has 1 aromatic carbocycles. The van der Waals surface area contributed by atoms with Gasteiger partial charge in [-0.25, -0.2) is 0 Å². The van der Waals surface area contributed by atoms with E-state index in [2.05, 4.69) is 21.2 Å². The molecule has 3 heteroatoms. The van der Waals surface area contributed by atoms with Crippen molar-refractivity contribution in [1.29, 1.82) is 0 Å². The van der Waals surface area contributed by atoms with Crippen LogP contribution in [-0.4, -0.2) is 19.3 Å². The van der Waals surface area contributed by atoms with Crippen LogP contribution in [0.25, 0.3) is 0 Å². The Morgan fingerprint density at radius 3 is 2.50 bits per heavy atom. The van der Waals surface area contributed by atoms with Crippen LogP contribution in [0.1, 0.15) is 13.8 Å². The van der Waals surface area contributed by atoms with E-state index in [-0.39, 0.29) is 0 Å². The minimum Gasteiger partial charge on any atom is -0.383 e. The molecule has 1 N–H and O–H groups in total. The first-order chi connectivity index (χ1) is 6.68. The van der Waals surface area contributed by atoms with E-state index in [4.69, 9.17) is 4.74 Å². The lowest BCUT2D eigenvalue weighted by Gasteiger charge is -2.09. The van der Waals surface area contributed by atoms with Crippen LogP contribution >= 0.6 is 15.9 Å². The number of nitrogens with one attached hydrogen (secondary N) is 1. The molecule has 0 heterocycles. The maximum atomic E-state index is 5.42. The Balaban J connectivity index is 2.21. The molecule has 0 spiro atoms. The third-order valence-electron chi connectivity index (χ3n) is 1.73. The molecule has 0 aliphatic heterocycles. The summed E-state index contributed by atoms with van der Waals surface area (Å²) in [5.74, 6) is 0. The minimum atomic E-state index is 0.307. The standard InChI is InChI=1S/C11H16BrNO/c1-9(2)14-8-7-13-11-5-3-10(12)4-6-11/h3-6,9,13H,7-8H2,1-2H3. The maximum Gasteiger partial charge on any atom is 0.0642 e. The van der Waals surface area contributed by atoms with Crippen LogP contribution < -0.4 is 5.32 Å². The van der Waals surface area contributed by atoms with Crippen molar-refractivity contribution in [2.24, 2.45) is 0 Å². The quantitative estimate of drug-likeness (QED) is 0.818. The predicted octanol–water partition coefficient (Wildman–Crippen LogP) is 3.29. The van der Waals surface area contributed by atoms with Crippen molar-refractivity contribution in [3.05, 3.63) is 28.7 Å². The molecule has 1 rings (SSSR count). The van der Waals surface area contributed by atoms with Gasteiger partial charge in [0.15, 0.2) is 0 Å². The normalized spacial score (nSPS) is 10.6. The lowest BCUT2D eigenvalue weighted by molar-refractivity contribution is 0.0870. The summed E-state index contributed by atoms with van der Waals surface area (Å²) in [7, 11) is 0. The van der Waals surface area contributed by atoms with Crippen LogP contribution in [-0.2, 0) is 4.74 Å². The van der Waals surface area contributed by atoms with Crippen LogP contribution in [0.5, 0.6) is 0 Å². The third kappa shape index (κ3) is 4.63. The van der Waals surface area contributed by atoms with E-state index < -0.39 is 0 Å². The van der Waals surface area contributed by atoms with Gasteiger partial charge in [-0.1, -0.05) is 15.9 Å². The first-order valence-electron chi connectivity index (χ1n) is 4.79. The van der Waals surface area contributed by atoms with E-state index in [9.17, 15) is 0 Å². The molecular formula is C11H16BrNO. The summed E-state index contributed by atoms with van der Waals surface area (Å²) < 4.78 is 6.51. The smallest absolute Gasteiger partial charge is 0.0642 e. The zero-order chi connectivity index (χ0) is 10.4. The molecule has 14 heavy (non-hydrogen) atoms. The van der Waals surface area contributed by atoms with Gasteiger partial charge in [0.1, 0.15) is 0 Å². The number of hydrogen-bond acceptors (Lipinski definition) is 2.